The van der Waals surface area contributed by atoms with Gasteiger partial charge in [-0.15, -0.1) is 0 Å². The van der Waals surface area contributed by atoms with E-state index in [1.165, 1.54) is 11.4 Å². The monoisotopic (exact) mass is 601 g/mol. The van der Waals surface area contributed by atoms with Crippen LogP contribution in [0.3, 0.4) is 0 Å². The Bertz CT molecular complexity index is 1570. The molecule has 43 heavy (non-hydrogen) atoms. The molecule has 1 amide bonds. The first-order valence-corrected chi connectivity index (χ1v) is 16.0. The van der Waals surface area contributed by atoms with Gasteiger partial charge in [0.25, 0.3) is 5.91 Å². The lowest BCUT2D eigenvalue weighted by molar-refractivity contribution is 0.0830. The van der Waals surface area contributed by atoms with E-state index in [9.17, 15) is 18.3 Å². The smallest absolute Gasteiger partial charge is 0.251 e. The van der Waals surface area contributed by atoms with E-state index in [0.29, 0.717) is 30.6 Å². The lowest BCUT2D eigenvalue weighted by atomic mass is 10.00. The number of hydrogen-bond donors (Lipinski definition) is 3. The van der Waals surface area contributed by atoms with E-state index in [2.05, 4.69) is 10.6 Å². The number of aliphatic hydroxyl groups excluding tert-OH is 1. The molecule has 0 saturated heterocycles. The van der Waals surface area contributed by atoms with Crippen molar-refractivity contribution in [1.29, 1.82) is 0 Å². The van der Waals surface area contributed by atoms with Crippen molar-refractivity contribution in [3.8, 4) is 11.5 Å². The molecule has 0 unspecified atom stereocenters. The van der Waals surface area contributed by atoms with Crippen molar-refractivity contribution in [3.63, 3.8) is 0 Å². The first-order chi connectivity index (χ1) is 20.7. The quantitative estimate of drug-likeness (QED) is 0.174. The average molecular weight is 602 g/mol. The number of carbonyl (C=O) groups excluding carboxylic acids is 1. The van der Waals surface area contributed by atoms with E-state index in [1.54, 1.807) is 31.2 Å². The minimum atomic E-state index is -3.49. The zero-order valence-electron chi connectivity index (χ0n) is 24.5. The topological polar surface area (TPSA) is 108 Å². The molecule has 3 N–H and O–H groups in total. The maximum atomic E-state index is 13.4. The second-order valence-electron chi connectivity index (χ2n) is 10.4. The highest BCUT2D eigenvalue weighted by molar-refractivity contribution is 7.92. The van der Waals surface area contributed by atoms with Crippen molar-refractivity contribution in [2.24, 2.45) is 0 Å². The van der Waals surface area contributed by atoms with Crippen LogP contribution in [-0.4, -0.2) is 50.9 Å². The molecule has 0 bridgehead atoms. The zero-order chi connectivity index (χ0) is 30.7. The molecule has 9 heteroatoms. The fourth-order valence-corrected chi connectivity index (χ4v) is 5.88. The van der Waals surface area contributed by atoms with Gasteiger partial charge < -0.3 is 20.5 Å². The summed E-state index contributed by atoms with van der Waals surface area (Å²) in [5.74, 6) is 1.09. The third kappa shape index (κ3) is 9.41. The summed E-state index contributed by atoms with van der Waals surface area (Å²) in [7, 11) is -2.00. The standard InChI is InChI=1S/C34H39N3O5S/c1-3-20-43(40,41)37(2)29-16-11-15-28(23-29)34(39)36-32(22-26-12-6-4-7-13-26)33(38)25-35-24-27-14-10-19-31(21-27)42-30-17-8-5-9-18-30/h4-19,21,23,32-33,35,38H,3,20,22,24-25H2,1-2H3,(H,36,39)/t32-,33+/m0/s1. The van der Waals surface area contributed by atoms with Crippen LogP contribution in [-0.2, 0) is 23.0 Å². The van der Waals surface area contributed by atoms with E-state index in [-0.39, 0.29) is 12.3 Å². The summed E-state index contributed by atoms with van der Waals surface area (Å²) in [5.41, 5.74) is 2.67. The molecule has 0 aromatic heterocycles. The number of carbonyl (C=O) groups is 1. The number of hydrogen-bond acceptors (Lipinski definition) is 6. The van der Waals surface area contributed by atoms with Gasteiger partial charge in [-0.3, -0.25) is 9.10 Å². The highest BCUT2D eigenvalue weighted by atomic mass is 32.2. The van der Waals surface area contributed by atoms with Crippen molar-refractivity contribution >= 4 is 21.6 Å². The molecule has 0 spiro atoms. The Hall–Kier alpha value is -4.18. The van der Waals surface area contributed by atoms with Crippen molar-refractivity contribution in [2.45, 2.75) is 38.5 Å². The lowest BCUT2D eigenvalue weighted by Gasteiger charge is -2.25. The molecule has 0 aliphatic heterocycles. The van der Waals surface area contributed by atoms with Gasteiger partial charge in [0.15, 0.2) is 0 Å². The number of benzene rings is 4. The van der Waals surface area contributed by atoms with E-state index in [1.807, 2.05) is 84.9 Å². The van der Waals surface area contributed by atoms with Crippen LogP contribution >= 0.6 is 0 Å². The average Bonchev–Trinajstić information content (AvgIpc) is 3.01. The van der Waals surface area contributed by atoms with Crippen LogP contribution in [0.2, 0.25) is 0 Å². The van der Waals surface area contributed by atoms with Crippen LogP contribution in [0.1, 0.15) is 34.8 Å². The number of ether oxygens (including phenoxy) is 1. The van der Waals surface area contributed by atoms with Crippen LogP contribution in [0.4, 0.5) is 5.69 Å². The summed E-state index contributed by atoms with van der Waals surface area (Å²) in [4.78, 5) is 13.4. The molecule has 4 aromatic carbocycles. The maximum Gasteiger partial charge on any atom is 0.251 e. The summed E-state index contributed by atoms with van der Waals surface area (Å²) in [6.07, 6.45) is 0.0105. The molecular weight excluding hydrogens is 562 g/mol. The summed E-state index contributed by atoms with van der Waals surface area (Å²) >= 11 is 0. The molecule has 0 heterocycles. The Balaban J connectivity index is 1.42. The molecule has 0 radical (unpaired) electrons. The number of nitrogens with one attached hydrogen (secondary N) is 2. The van der Waals surface area contributed by atoms with E-state index in [4.69, 9.17) is 4.74 Å². The Morgan fingerprint density at radius 3 is 2.23 bits per heavy atom. The first-order valence-electron chi connectivity index (χ1n) is 14.4. The molecular formula is C34H39N3O5S. The number of para-hydroxylation sites is 1. The van der Waals surface area contributed by atoms with Crippen LogP contribution in [0.15, 0.2) is 109 Å². The number of rotatable bonds is 15. The van der Waals surface area contributed by atoms with E-state index in [0.717, 1.165) is 22.6 Å². The minimum Gasteiger partial charge on any atom is -0.457 e. The third-order valence-electron chi connectivity index (χ3n) is 6.99. The van der Waals surface area contributed by atoms with Gasteiger partial charge in [0.2, 0.25) is 10.0 Å². The number of sulfonamides is 1. The second kappa shape index (κ2) is 15.3. The van der Waals surface area contributed by atoms with E-state index >= 15 is 0 Å². The maximum absolute atomic E-state index is 13.4. The summed E-state index contributed by atoms with van der Waals surface area (Å²) in [6, 6.07) is 32.8. The Morgan fingerprint density at radius 2 is 1.51 bits per heavy atom. The molecule has 0 fully saturated rings. The predicted molar refractivity (Wildman–Crippen MR) is 171 cm³/mol. The molecule has 0 aliphatic rings. The zero-order valence-corrected chi connectivity index (χ0v) is 25.3. The highest BCUT2D eigenvalue weighted by Crippen LogP contribution is 2.22. The Labute approximate surface area is 254 Å². The van der Waals surface area contributed by atoms with Gasteiger partial charge in [-0.1, -0.05) is 73.7 Å². The molecule has 4 aromatic rings. The minimum absolute atomic E-state index is 0.0165. The van der Waals surface area contributed by atoms with Crippen LogP contribution in [0.25, 0.3) is 0 Å². The van der Waals surface area contributed by atoms with Gasteiger partial charge in [0.05, 0.1) is 23.6 Å². The number of amides is 1. The van der Waals surface area contributed by atoms with Crippen molar-refractivity contribution in [1.82, 2.24) is 10.6 Å². The molecule has 226 valence electrons. The normalized spacial score (nSPS) is 12.7. The number of aliphatic hydroxyl groups is 1. The van der Waals surface area contributed by atoms with Crippen LogP contribution in [0, 0.1) is 0 Å². The van der Waals surface area contributed by atoms with Crippen LogP contribution < -0.4 is 19.7 Å². The molecule has 0 aliphatic carbocycles. The van der Waals surface area contributed by atoms with E-state index < -0.39 is 28.1 Å². The molecule has 0 saturated carbocycles. The summed E-state index contributed by atoms with van der Waals surface area (Å²) in [6.45, 7) is 2.54. The van der Waals surface area contributed by atoms with Gasteiger partial charge in [-0.25, -0.2) is 8.42 Å². The van der Waals surface area contributed by atoms with Crippen LogP contribution in [0.5, 0.6) is 11.5 Å². The van der Waals surface area contributed by atoms with Gasteiger partial charge in [0, 0.05) is 25.7 Å². The summed E-state index contributed by atoms with van der Waals surface area (Å²) < 4.78 is 32.3. The highest BCUT2D eigenvalue weighted by Gasteiger charge is 2.24. The third-order valence-corrected chi connectivity index (χ3v) is 8.96. The molecule has 4 rings (SSSR count). The second-order valence-corrected chi connectivity index (χ2v) is 12.5. The largest absolute Gasteiger partial charge is 0.457 e. The fourth-order valence-electron chi connectivity index (χ4n) is 4.65. The van der Waals surface area contributed by atoms with Crippen molar-refractivity contribution < 1.29 is 23.1 Å². The summed E-state index contributed by atoms with van der Waals surface area (Å²) in [5, 5.41) is 17.5. The number of nitrogens with zero attached hydrogens (tertiary/aromatic N) is 1. The van der Waals surface area contributed by atoms with Gasteiger partial charge >= 0.3 is 0 Å². The molecule has 2 atom stereocenters. The van der Waals surface area contributed by atoms with Gasteiger partial charge in [-0.05, 0) is 66.4 Å². The van der Waals surface area contributed by atoms with Gasteiger partial charge in [-0.2, -0.15) is 0 Å². The number of anilines is 1. The first kappa shape index (κ1) is 31.7. The fraction of sp³-hybridized carbons (Fsp3) is 0.265. The molecule has 8 nitrogen and oxygen atoms in total. The lowest BCUT2D eigenvalue weighted by Crippen LogP contribution is -2.48. The van der Waals surface area contributed by atoms with Crippen molar-refractivity contribution in [2.75, 3.05) is 23.7 Å². The van der Waals surface area contributed by atoms with Crippen molar-refractivity contribution in [3.05, 3.63) is 126 Å². The Kier molecular flexibility index (Phi) is 11.3. The van der Waals surface area contributed by atoms with Gasteiger partial charge in [0.1, 0.15) is 11.5 Å². The predicted octanol–water partition coefficient (Wildman–Crippen LogP) is 5.15. The SMILES string of the molecule is CCCS(=O)(=O)N(C)c1cccc(C(=O)N[C@@H](Cc2ccccc2)[C@H](O)CNCc2cccc(Oc3ccccc3)c2)c1. The Morgan fingerprint density at radius 1 is 0.860 bits per heavy atom.